The van der Waals surface area contributed by atoms with Crippen LogP contribution in [-0.2, 0) is 0 Å². The zero-order chi connectivity index (χ0) is 13.7. The van der Waals surface area contributed by atoms with Crippen molar-refractivity contribution in [2.24, 2.45) is 11.7 Å². The second-order valence-corrected chi connectivity index (χ2v) is 5.77. The SMILES string of the molecule is NC(=O)c1ccc(Br)cc1OCCC1CCCNC1. The van der Waals surface area contributed by atoms with Crippen LogP contribution in [0.25, 0.3) is 0 Å². The van der Waals surface area contributed by atoms with Crippen molar-refractivity contribution in [2.45, 2.75) is 19.3 Å². The highest BCUT2D eigenvalue weighted by Gasteiger charge is 2.14. The lowest BCUT2D eigenvalue weighted by Gasteiger charge is -2.22. The number of hydrogen-bond donors (Lipinski definition) is 2. The molecule has 1 heterocycles. The maximum atomic E-state index is 11.3. The van der Waals surface area contributed by atoms with Gasteiger partial charge in [-0.1, -0.05) is 15.9 Å². The van der Waals surface area contributed by atoms with E-state index in [0.717, 1.165) is 24.0 Å². The van der Waals surface area contributed by atoms with Gasteiger partial charge in [0.2, 0.25) is 0 Å². The van der Waals surface area contributed by atoms with Crippen molar-refractivity contribution in [3.8, 4) is 5.75 Å². The molecule has 1 aromatic rings. The van der Waals surface area contributed by atoms with E-state index in [0.29, 0.717) is 23.8 Å². The lowest BCUT2D eigenvalue weighted by molar-refractivity contribution is 0.0996. The summed E-state index contributed by atoms with van der Waals surface area (Å²) in [6, 6.07) is 5.27. The van der Waals surface area contributed by atoms with Crippen LogP contribution in [0.4, 0.5) is 0 Å². The highest BCUT2D eigenvalue weighted by atomic mass is 79.9. The number of piperidine rings is 1. The zero-order valence-corrected chi connectivity index (χ0v) is 12.4. The number of carbonyl (C=O) groups is 1. The number of ether oxygens (including phenoxy) is 1. The molecule has 19 heavy (non-hydrogen) atoms. The van der Waals surface area contributed by atoms with Gasteiger partial charge in [0.15, 0.2) is 0 Å². The third-order valence-corrected chi connectivity index (χ3v) is 3.88. The molecule has 1 saturated heterocycles. The number of primary amides is 1. The van der Waals surface area contributed by atoms with E-state index in [-0.39, 0.29) is 0 Å². The fraction of sp³-hybridized carbons (Fsp3) is 0.500. The van der Waals surface area contributed by atoms with E-state index in [1.54, 1.807) is 18.2 Å². The van der Waals surface area contributed by atoms with Crippen molar-refractivity contribution in [1.29, 1.82) is 0 Å². The van der Waals surface area contributed by atoms with E-state index < -0.39 is 5.91 Å². The first-order valence-corrected chi connectivity index (χ1v) is 7.39. The number of amides is 1. The first-order chi connectivity index (χ1) is 9.16. The predicted octanol–water partition coefficient (Wildman–Crippen LogP) is 2.32. The first-order valence-electron chi connectivity index (χ1n) is 6.59. The summed E-state index contributed by atoms with van der Waals surface area (Å²) in [7, 11) is 0. The molecule has 1 amide bonds. The summed E-state index contributed by atoms with van der Waals surface area (Å²) >= 11 is 3.37. The molecule has 0 bridgehead atoms. The smallest absolute Gasteiger partial charge is 0.252 e. The summed E-state index contributed by atoms with van der Waals surface area (Å²) in [6.45, 7) is 2.79. The number of carbonyl (C=O) groups excluding carboxylic acids is 1. The van der Waals surface area contributed by atoms with Crippen LogP contribution in [0.2, 0.25) is 0 Å². The van der Waals surface area contributed by atoms with Crippen molar-refractivity contribution in [3.63, 3.8) is 0 Å². The minimum Gasteiger partial charge on any atom is -0.493 e. The summed E-state index contributed by atoms with van der Waals surface area (Å²) in [5, 5.41) is 3.39. The van der Waals surface area contributed by atoms with Gasteiger partial charge >= 0.3 is 0 Å². The molecular weight excluding hydrogens is 308 g/mol. The molecule has 1 fully saturated rings. The normalized spacial score (nSPS) is 19.1. The highest BCUT2D eigenvalue weighted by molar-refractivity contribution is 9.10. The fourth-order valence-electron chi connectivity index (χ4n) is 2.33. The molecule has 1 atom stereocenters. The lowest BCUT2D eigenvalue weighted by atomic mass is 9.97. The monoisotopic (exact) mass is 326 g/mol. The molecule has 104 valence electrons. The van der Waals surface area contributed by atoms with Crippen molar-refractivity contribution in [2.75, 3.05) is 19.7 Å². The highest BCUT2D eigenvalue weighted by Crippen LogP contribution is 2.24. The van der Waals surface area contributed by atoms with E-state index in [4.69, 9.17) is 10.5 Å². The molecule has 2 rings (SSSR count). The second-order valence-electron chi connectivity index (χ2n) is 4.85. The van der Waals surface area contributed by atoms with Crippen molar-refractivity contribution in [1.82, 2.24) is 5.32 Å². The maximum Gasteiger partial charge on any atom is 0.252 e. The van der Waals surface area contributed by atoms with Crippen molar-refractivity contribution >= 4 is 21.8 Å². The quantitative estimate of drug-likeness (QED) is 0.872. The predicted molar refractivity (Wildman–Crippen MR) is 78.4 cm³/mol. The van der Waals surface area contributed by atoms with E-state index in [1.807, 2.05) is 0 Å². The Balaban J connectivity index is 1.91. The molecule has 0 radical (unpaired) electrons. The number of halogens is 1. The van der Waals surface area contributed by atoms with E-state index in [9.17, 15) is 4.79 Å². The van der Waals surface area contributed by atoms with E-state index >= 15 is 0 Å². The van der Waals surface area contributed by atoms with Gasteiger partial charge in [-0.2, -0.15) is 0 Å². The summed E-state index contributed by atoms with van der Waals surface area (Å²) in [5.74, 6) is 0.769. The molecular formula is C14H19BrN2O2. The minimum absolute atomic E-state index is 0.435. The maximum absolute atomic E-state index is 11.3. The van der Waals surface area contributed by atoms with Gasteiger partial charge in [0.25, 0.3) is 5.91 Å². The van der Waals surface area contributed by atoms with Crippen LogP contribution in [0.3, 0.4) is 0 Å². The van der Waals surface area contributed by atoms with Crippen LogP contribution < -0.4 is 15.8 Å². The van der Waals surface area contributed by atoms with Gasteiger partial charge < -0.3 is 15.8 Å². The molecule has 1 aromatic carbocycles. The van der Waals surface area contributed by atoms with Crippen LogP contribution in [0, 0.1) is 5.92 Å². The zero-order valence-electron chi connectivity index (χ0n) is 10.8. The lowest BCUT2D eigenvalue weighted by Crippen LogP contribution is -2.30. The number of benzene rings is 1. The van der Waals surface area contributed by atoms with Crippen molar-refractivity contribution < 1.29 is 9.53 Å². The average Bonchev–Trinajstić information content (AvgIpc) is 2.39. The average molecular weight is 327 g/mol. The molecule has 0 aliphatic carbocycles. The van der Waals surface area contributed by atoms with Gasteiger partial charge in [-0.3, -0.25) is 4.79 Å². The summed E-state index contributed by atoms with van der Waals surface area (Å²) in [6.07, 6.45) is 3.48. The Bertz CT molecular complexity index is 445. The van der Waals surface area contributed by atoms with Gasteiger partial charge in [0.05, 0.1) is 12.2 Å². The van der Waals surface area contributed by atoms with Crippen LogP contribution in [0.5, 0.6) is 5.75 Å². The number of hydrogen-bond acceptors (Lipinski definition) is 3. The molecule has 1 unspecified atom stereocenters. The Labute approximate surface area is 121 Å². The number of nitrogens with one attached hydrogen (secondary N) is 1. The van der Waals surface area contributed by atoms with E-state index in [1.165, 1.54) is 12.8 Å². The van der Waals surface area contributed by atoms with Crippen molar-refractivity contribution in [3.05, 3.63) is 28.2 Å². The minimum atomic E-state index is -0.457. The van der Waals surface area contributed by atoms with Gasteiger partial charge in [-0.05, 0) is 56.5 Å². The number of rotatable bonds is 5. The molecule has 1 aliphatic rings. The Hall–Kier alpha value is -1.07. The topological polar surface area (TPSA) is 64.4 Å². The summed E-state index contributed by atoms with van der Waals surface area (Å²) in [5.41, 5.74) is 5.77. The van der Waals surface area contributed by atoms with E-state index in [2.05, 4.69) is 21.2 Å². The molecule has 5 heteroatoms. The fourth-order valence-corrected chi connectivity index (χ4v) is 2.67. The van der Waals surface area contributed by atoms with Gasteiger partial charge in [-0.15, -0.1) is 0 Å². The van der Waals surface area contributed by atoms with Crippen LogP contribution in [0.15, 0.2) is 22.7 Å². The third kappa shape index (κ3) is 4.21. The Kier molecular flexibility index (Phi) is 5.22. The van der Waals surface area contributed by atoms with Gasteiger partial charge in [0, 0.05) is 4.47 Å². The van der Waals surface area contributed by atoms with Crippen LogP contribution in [-0.4, -0.2) is 25.6 Å². The second kappa shape index (κ2) is 6.91. The van der Waals surface area contributed by atoms with Gasteiger partial charge in [-0.25, -0.2) is 0 Å². The van der Waals surface area contributed by atoms with Crippen LogP contribution in [0.1, 0.15) is 29.6 Å². The molecule has 0 saturated carbocycles. The largest absolute Gasteiger partial charge is 0.493 e. The molecule has 0 aromatic heterocycles. The number of nitrogens with two attached hydrogens (primary N) is 1. The molecule has 1 aliphatic heterocycles. The molecule has 4 nitrogen and oxygen atoms in total. The Morgan fingerprint density at radius 1 is 1.53 bits per heavy atom. The standard InChI is InChI=1S/C14H19BrN2O2/c15-11-3-4-12(14(16)18)13(8-11)19-7-5-10-2-1-6-17-9-10/h3-4,8,10,17H,1-2,5-7,9H2,(H2,16,18). The van der Waals surface area contributed by atoms with Gasteiger partial charge in [0.1, 0.15) is 5.75 Å². The Morgan fingerprint density at radius 3 is 3.05 bits per heavy atom. The molecule has 0 spiro atoms. The third-order valence-electron chi connectivity index (χ3n) is 3.39. The Morgan fingerprint density at radius 2 is 2.37 bits per heavy atom. The van der Waals surface area contributed by atoms with Crippen LogP contribution >= 0.6 is 15.9 Å². The summed E-state index contributed by atoms with van der Waals surface area (Å²) < 4.78 is 6.60. The first kappa shape index (κ1) is 14.3. The summed E-state index contributed by atoms with van der Waals surface area (Å²) in [4.78, 5) is 11.3. The molecule has 3 N–H and O–H groups in total.